The average Bonchev–Trinajstić information content (AvgIpc) is 2.96. The summed E-state index contributed by atoms with van der Waals surface area (Å²) < 4.78 is 5.08. The van der Waals surface area contributed by atoms with E-state index in [9.17, 15) is 9.59 Å². The van der Waals surface area contributed by atoms with Crippen molar-refractivity contribution in [3.8, 4) is 5.75 Å². The molecule has 0 radical (unpaired) electrons. The second kappa shape index (κ2) is 6.52. The summed E-state index contributed by atoms with van der Waals surface area (Å²) >= 11 is 0. The highest BCUT2D eigenvalue weighted by Crippen LogP contribution is 2.21. The predicted octanol–water partition coefficient (Wildman–Crippen LogP) is 2.23. The molecule has 0 bridgehead atoms. The fourth-order valence-corrected chi connectivity index (χ4v) is 2.67. The van der Waals surface area contributed by atoms with E-state index in [0.717, 1.165) is 5.69 Å². The Morgan fingerprint density at radius 3 is 2.48 bits per heavy atom. The first-order valence-electron chi connectivity index (χ1n) is 7.47. The summed E-state index contributed by atoms with van der Waals surface area (Å²) in [5, 5.41) is 2.92. The number of para-hydroxylation sites is 1. The summed E-state index contributed by atoms with van der Waals surface area (Å²) in [5.41, 5.74) is 1.41. The fourth-order valence-electron chi connectivity index (χ4n) is 2.67. The van der Waals surface area contributed by atoms with Crippen molar-refractivity contribution in [1.82, 2.24) is 5.32 Å². The lowest BCUT2D eigenvalue weighted by molar-refractivity contribution is -0.117. The molecule has 118 valence electrons. The van der Waals surface area contributed by atoms with Crippen LogP contribution in [0.15, 0.2) is 54.6 Å². The Morgan fingerprint density at radius 1 is 1.13 bits per heavy atom. The van der Waals surface area contributed by atoms with Gasteiger partial charge in [-0.1, -0.05) is 18.2 Å². The van der Waals surface area contributed by atoms with Gasteiger partial charge in [-0.25, -0.2) is 0 Å². The van der Waals surface area contributed by atoms with Crippen molar-refractivity contribution in [3.05, 3.63) is 60.2 Å². The van der Waals surface area contributed by atoms with E-state index >= 15 is 0 Å². The smallest absolute Gasteiger partial charge is 0.251 e. The minimum absolute atomic E-state index is 0.0243. The number of ether oxygens (including phenoxy) is 1. The van der Waals surface area contributed by atoms with Gasteiger partial charge in [0.05, 0.1) is 13.2 Å². The number of methoxy groups -OCH3 is 1. The number of carbonyl (C=O) groups is 2. The molecule has 5 nitrogen and oxygen atoms in total. The maximum Gasteiger partial charge on any atom is 0.251 e. The number of nitrogens with zero attached hydrogens (tertiary/aromatic N) is 1. The van der Waals surface area contributed by atoms with Gasteiger partial charge in [0, 0.05) is 24.2 Å². The molecular weight excluding hydrogens is 292 g/mol. The van der Waals surface area contributed by atoms with Gasteiger partial charge in [0.25, 0.3) is 5.91 Å². The van der Waals surface area contributed by atoms with Gasteiger partial charge in [0.1, 0.15) is 5.75 Å². The molecule has 1 saturated heterocycles. The first kappa shape index (κ1) is 15.1. The Bertz CT molecular complexity index is 698. The van der Waals surface area contributed by atoms with Crippen LogP contribution >= 0.6 is 0 Å². The molecule has 1 fully saturated rings. The van der Waals surface area contributed by atoms with Gasteiger partial charge in [0.2, 0.25) is 5.91 Å². The first-order chi connectivity index (χ1) is 11.2. The van der Waals surface area contributed by atoms with Crippen LogP contribution in [0.4, 0.5) is 5.69 Å². The first-order valence-corrected chi connectivity index (χ1v) is 7.47. The Hall–Kier alpha value is -2.82. The molecule has 1 atom stereocenters. The molecule has 3 rings (SSSR count). The fraction of sp³-hybridized carbons (Fsp3) is 0.222. The number of hydrogen-bond donors (Lipinski definition) is 1. The molecule has 5 heteroatoms. The van der Waals surface area contributed by atoms with E-state index in [0.29, 0.717) is 24.3 Å². The number of benzene rings is 2. The van der Waals surface area contributed by atoms with Crippen LogP contribution < -0.4 is 15.0 Å². The van der Waals surface area contributed by atoms with Gasteiger partial charge in [-0.3, -0.25) is 9.59 Å². The second-order valence-electron chi connectivity index (χ2n) is 5.44. The van der Waals surface area contributed by atoms with E-state index < -0.39 is 0 Å². The lowest BCUT2D eigenvalue weighted by Crippen LogP contribution is -2.37. The molecular formula is C18H18N2O3. The third-order valence-corrected chi connectivity index (χ3v) is 3.88. The van der Waals surface area contributed by atoms with Gasteiger partial charge in [-0.15, -0.1) is 0 Å². The second-order valence-corrected chi connectivity index (χ2v) is 5.44. The summed E-state index contributed by atoms with van der Waals surface area (Å²) in [6, 6.07) is 16.2. The molecule has 1 N–H and O–H groups in total. The topological polar surface area (TPSA) is 58.6 Å². The molecule has 0 spiro atoms. The van der Waals surface area contributed by atoms with Gasteiger partial charge in [0.15, 0.2) is 0 Å². The lowest BCUT2D eigenvalue weighted by atomic mass is 10.2. The largest absolute Gasteiger partial charge is 0.497 e. The van der Waals surface area contributed by atoms with E-state index in [2.05, 4.69) is 5.32 Å². The summed E-state index contributed by atoms with van der Waals surface area (Å²) in [4.78, 5) is 26.1. The third kappa shape index (κ3) is 3.34. The van der Waals surface area contributed by atoms with Crippen LogP contribution in [0.3, 0.4) is 0 Å². The summed E-state index contributed by atoms with van der Waals surface area (Å²) in [6.07, 6.45) is 0.316. The van der Waals surface area contributed by atoms with Crippen LogP contribution in [0.2, 0.25) is 0 Å². The molecule has 1 aliphatic heterocycles. The Balaban J connectivity index is 1.64. The van der Waals surface area contributed by atoms with E-state index in [1.165, 1.54) is 0 Å². The number of amides is 2. The van der Waals surface area contributed by atoms with Crippen molar-refractivity contribution in [1.29, 1.82) is 0 Å². The summed E-state index contributed by atoms with van der Waals surface area (Å²) in [6.45, 7) is 0.491. The molecule has 1 unspecified atom stereocenters. The maximum atomic E-state index is 12.3. The molecule has 2 amide bonds. The zero-order chi connectivity index (χ0) is 16.2. The monoisotopic (exact) mass is 310 g/mol. The zero-order valence-electron chi connectivity index (χ0n) is 12.9. The molecule has 1 heterocycles. The predicted molar refractivity (Wildman–Crippen MR) is 87.7 cm³/mol. The van der Waals surface area contributed by atoms with Gasteiger partial charge >= 0.3 is 0 Å². The standard InChI is InChI=1S/C18H18N2O3/c1-23-16-9-7-13(8-10-16)18(22)19-14-11-17(21)20(12-14)15-5-3-2-4-6-15/h2-10,14H,11-12H2,1H3,(H,19,22). The molecule has 0 aromatic heterocycles. The SMILES string of the molecule is COc1ccc(C(=O)NC2CC(=O)N(c3ccccc3)C2)cc1. The van der Waals surface area contributed by atoms with Crippen molar-refractivity contribution in [3.63, 3.8) is 0 Å². The van der Waals surface area contributed by atoms with Crippen LogP contribution in [0.25, 0.3) is 0 Å². The zero-order valence-corrected chi connectivity index (χ0v) is 12.9. The maximum absolute atomic E-state index is 12.3. The van der Waals surface area contributed by atoms with Crippen molar-refractivity contribution in [2.45, 2.75) is 12.5 Å². The number of hydrogen-bond acceptors (Lipinski definition) is 3. The van der Waals surface area contributed by atoms with Crippen LogP contribution in [-0.4, -0.2) is 31.5 Å². The van der Waals surface area contributed by atoms with Crippen molar-refractivity contribution in [2.75, 3.05) is 18.6 Å². The minimum atomic E-state index is -0.183. The van der Waals surface area contributed by atoms with Crippen molar-refractivity contribution < 1.29 is 14.3 Å². The summed E-state index contributed by atoms with van der Waals surface area (Å²) in [5.74, 6) is 0.546. The van der Waals surface area contributed by atoms with E-state index in [4.69, 9.17) is 4.74 Å². The number of anilines is 1. The molecule has 0 saturated carbocycles. The lowest BCUT2D eigenvalue weighted by Gasteiger charge is -2.17. The van der Waals surface area contributed by atoms with Gasteiger partial charge < -0.3 is 15.0 Å². The normalized spacial score (nSPS) is 17.2. The molecule has 0 aliphatic carbocycles. The minimum Gasteiger partial charge on any atom is -0.497 e. The van der Waals surface area contributed by atoms with Crippen molar-refractivity contribution >= 4 is 17.5 Å². The highest BCUT2D eigenvalue weighted by molar-refractivity contribution is 5.98. The number of carbonyl (C=O) groups excluding carboxylic acids is 2. The van der Waals surface area contributed by atoms with E-state index in [1.807, 2.05) is 30.3 Å². The highest BCUT2D eigenvalue weighted by Gasteiger charge is 2.31. The Kier molecular flexibility index (Phi) is 4.28. The van der Waals surface area contributed by atoms with Crippen molar-refractivity contribution in [2.24, 2.45) is 0 Å². The van der Waals surface area contributed by atoms with Gasteiger partial charge in [-0.05, 0) is 36.4 Å². The Morgan fingerprint density at radius 2 is 1.83 bits per heavy atom. The van der Waals surface area contributed by atoms with E-state index in [-0.39, 0.29) is 17.9 Å². The van der Waals surface area contributed by atoms with Gasteiger partial charge in [-0.2, -0.15) is 0 Å². The third-order valence-electron chi connectivity index (χ3n) is 3.88. The number of nitrogens with one attached hydrogen (secondary N) is 1. The quantitative estimate of drug-likeness (QED) is 0.942. The summed E-state index contributed by atoms with van der Waals surface area (Å²) in [7, 11) is 1.58. The van der Waals surface area contributed by atoms with Crippen LogP contribution in [0.5, 0.6) is 5.75 Å². The van der Waals surface area contributed by atoms with Crippen LogP contribution in [-0.2, 0) is 4.79 Å². The van der Waals surface area contributed by atoms with E-state index in [1.54, 1.807) is 36.3 Å². The van der Waals surface area contributed by atoms with Crippen LogP contribution in [0, 0.1) is 0 Å². The molecule has 23 heavy (non-hydrogen) atoms. The Labute approximate surface area is 134 Å². The molecule has 2 aromatic rings. The molecule has 1 aliphatic rings. The van der Waals surface area contributed by atoms with Crippen LogP contribution in [0.1, 0.15) is 16.8 Å². The highest BCUT2D eigenvalue weighted by atomic mass is 16.5. The number of rotatable bonds is 4. The molecule has 2 aromatic carbocycles. The average molecular weight is 310 g/mol.